The number of hydrogen-bond donors (Lipinski definition) is 2. The zero-order valence-electron chi connectivity index (χ0n) is 12.1. The van der Waals surface area contributed by atoms with Crippen LogP contribution in [0.2, 0.25) is 0 Å². The van der Waals surface area contributed by atoms with E-state index in [-0.39, 0.29) is 19.1 Å². The minimum atomic E-state index is -0.536. The Balaban J connectivity index is 1.61. The van der Waals surface area contributed by atoms with E-state index in [1.807, 2.05) is 0 Å². The van der Waals surface area contributed by atoms with Crippen molar-refractivity contribution in [2.24, 2.45) is 0 Å². The largest absolute Gasteiger partial charge is 0.362 e. The van der Waals surface area contributed by atoms with Crippen molar-refractivity contribution < 1.29 is 19.1 Å². The minimum Gasteiger partial charge on any atom is -0.362 e. The number of carbonyl (C=O) groups excluding carboxylic acids is 3. The van der Waals surface area contributed by atoms with E-state index in [9.17, 15) is 14.4 Å². The van der Waals surface area contributed by atoms with Crippen LogP contribution in [-0.2, 0) is 14.3 Å². The van der Waals surface area contributed by atoms with Crippen LogP contribution in [0.4, 0.5) is 0 Å². The van der Waals surface area contributed by atoms with Gasteiger partial charge in [0.2, 0.25) is 5.91 Å². The molecule has 0 unspecified atom stereocenters. The topological polar surface area (TPSA) is 101 Å². The van der Waals surface area contributed by atoms with Crippen LogP contribution in [0, 0.1) is 0 Å². The highest BCUT2D eigenvalue weighted by molar-refractivity contribution is 5.95. The van der Waals surface area contributed by atoms with Crippen molar-refractivity contribution >= 4 is 17.7 Å². The Morgan fingerprint density at radius 2 is 1.95 bits per heavy atom. The zero-order valence-corrected chi connectivity index (χ0v) is 12.1. The molecular formula is C14H18N4O4. The Bertz CT molecular complexity index is 529. The van der Waals surface area contributed by atoms with Crippen LogP contribution in [0.1, 0.15) is 23.2 Å². The van der Waals surface area contributed by atoms with E-state index >= 15 is 0 Å². The summed E-state index contributed by atoms with van der Waals surface area (Å²) in [5, 5.41) is 0. The first-order chi connectivity index (χ1) is 10.7. The number of hydrogen-bond acceptors (Lipinski definition) is 5. The second-order valence-corrected chi connectivity index (χ2v) is 4.82. The SMILES string of the molecule is O=C(COCC(=O)N1CCCC1)NNC(=O)c1cccnc1. The molecule has 1 aliphatic heterocycles. The summed E-state index contributed by atoms with van der Waals surface area (Å²) < 4.78 is 5.04. The molecule has 2 N–H and O–H groups in total. The highest BCUT2D eigenvalue weighted by Gasteiger charge is 2.18. The molecule has 22 heavy (non-hydrogen) atoms. The van der Waals surface area contributed by atoms with Gasteiger partial charge in [0.15, 0.2) is 0 Å². The second-order valence-electron chi connectivity index (χ2n) is 4.82. The van der Waals surface area contributed by atoms with Crippen molar-refractivity contribution in [3.8, 4) is 0 Å². The standard InChI is InChI=1S/C14H18N4O4/c19-12(9-22-10-13(20)18-6-1-2-7-18)16-17-14(21)11-4-3-5-15-8-11/h3-5,8H,1-2,6-7,9-10H2,(H,16,19)(H,17,21). The molecule has 8 heteroatoms. The van der Waals surface area contributed by atoms with Crippen LogP contribution < -0.4 is 10.9 Å². The van der Waals surface area contributed by atoms with Gasteiger partial charge in [0.25, 0.3) is 11.8 Å². The fourth-order valence-corrected chi connectivity index (χ4v) is 2.02. The van der Waals surface area contributed by atoms with Gasteiger partial charge in [0.1, 0.15) is 13.2 Å². The van der Waals surface area contributed by atoms with Crippen molar-refractivity contribution in [2.75, 3.05) is 26.3 Å². The highest BCUT2D eigenvalue weighted by atomic mass is 16.5. The minimum absolute atomic E-state index is 0.121. The van der Waals surface area contributed by atoms with Gasteiger partial charge in [-0.2, -0.15) is 0 Å². The van der Waals surface area contributed by atoms with Gasteiger partial charge >= 0.3 is 0 Å². The van der Waals surface area contributed by atoms with Crippen LogP contribution >= 0.6 is 0 Å². The number of rotatable bonds is 5. The number of nitrogens with one attached hydrogen (secondary N) is 2. The van der Waals surface area contributed by atoms with Gasteiger partial charge in [-0.05, 0) is 25.0 Å². The van der Waals surface area contributed by atoms with Gasteiger partial charge in [0.05, 0.1) is 5.56 Å². The Kier molecular flexibility index (Phi) is 5.84. The summed E-state index contributed by atoms with van der Waals surface area (Å²) >= 11 is 0. The van der Waals surface area contributed by atoms with E-state index in [0.29, 0.717) is 5.56 Å². The van der Waals surface area contributed by atoms with Crippen molar-refractivity contribution in [3.05, 3.63) is 30.1 Å². The number of hydrazine groups is 1. The number of likely N-dealkylation sites (tertiary alicyclic amines) is 1. The highest BCUT2D eigenvalue weighted by Crippen LogP contribution is 2.07. The zero-order chi connectivity index (χ0) is 15.8. The molecule has 0 aromatic carbocycles. The lowest BCUT2D eigenvalue weighted by Gasteiger charge is -2.14. The van der Waals surface area contributed by atoms with Crippen molar-refractivity contribution in [1.29, 1.82) is 0 Å². The molecule has 118 valence electrons. The normalized spacial score (nSPS) is 13.7. The Morgan fingerprint density at radius 3 is 2.64 bits per heavy atom. The van der Waals surface area contributed by atoms with Gasteiger partial charge in [-0.25, -0.2) is 0 Å². The third kappa shape index (κ3) is 4.81. The van der Waals surface area contributed by atoms with Crippen LogP contribution in [0.5, 0.6) is 0 Å². The first-order valence-electron chi connectivity index (χ1n) is 7.01. The van der Waals surface area contributed by atoms with Gasteiger partial charge in [0, 0.05) is 25.5 Å². The number of ether oxygens (including phenoxy) is 1. The molecule has 0 atom stereocenters. The van der Waals surface area contributed by atoms with E-state index in [2.05, 4.69) is 15.8 Å². The Hall–Kier alpha value is -2.48. The number of carbonyl (C=O) groups is 3. The molecule has 1 aliphatic rings. The maximum atomic E-state index is 11.7. The predicted molar refractivity (Wildman–Crippen MR) is 76.5 cm³/mol. The van der Waals surface area contributed by atoms with E-state index in [4.69, 9.17) is 4.74 Å². The first kappa shape index (κ1) is 15.9. The Morgan fingerprint density at radius 1 is 1.18 bits per heavy atom. The van der Waals surface area contributed by atoms with Crippen molar-refractivity contribution in [2.45, 2.75) is 12.8 Å². The third-order valence-electron chi connectivity index (χ3n) is 3.16. The lowest BCUT2D eigenvalue weighted by molar-refractivity contribution is -0.137. The molecule has 3 amide bonds. The number of aromatic nitrogens is 1. The maximum Gasteiger partial charge on any atom is 0.271 e. The van der Waals surface area contributed by atoms with Gasteiger partial charge in [-0.3, -0.25) is 30.2 Å². The van der Waals surface area contributed by atoms with Crippen LogP contribution in [0.25, 0.3) is 0 Å². The number of amides is 3. The Labute approximate surface area is 127 Å². The quantitative estimate of drug-likeness (QED) is 0.713. The van der Waals surface area contributed by atoms with Crippen molar-refractivity contribution in [1.82, 2.24) is 20.7 Å². The summed E-state index contributed by atoms with van der Waals surface area (Å²) in [6, 6.07) is 3.18. The van der Waals surface area contributed by atoms with E-state index in [0.717, 1.165) is 25.9 Å². The molecule has 2 rings (SSSR count). The summed E-state index contributed by atoms with van der Waals surface area (Å²) in [4.78, 5) is 40.3. The molecule has 2 heterocycles. The van der Waals surface area contributed by atoms with E-state index in [1.165, 1.54) is 6.20 Å². The molecule has 1 fully saturated rings. The van der Waals surface area contributed by atoms with Crippen molar-refractivity contribution in [3.63, 3.8) is 0 Å². The van der Waals surface area contributed by atoms with Gasteiger partial charge < -0.3 is 9.64 Å². The fourth-order valence-electron chi connectivity index (χ4n) is 2.02. The molecular weight excluding hydrogens is 288 g/mol. The smallest absolute Gasteiger partial charge is 0.271 e. The molecule has 0 radical (unpaired) electrons. The molecule has 1 aromatic rings. The predicted octanol–water partition coefficient (Wildman–Crippen LogP) is -0.518. The average molecular weight is 306 g/mol. The molecule has 1 saturated heterocycles. The number of nitrogens with zero attached hydrogens (tertiary/aromatic N) is 2. The molecule has 1 aromatic heterocycles. The monoisotopic (exact) mass is 306 g/mol. The lowest BCUT2D eigenvalue weighted by atomic mass is 10.3. The number of pyridine rings is 1. The summed E-state index contributed by atoms with van der Waals surface area (Å²) in [5.74, 6) is -1.13. The van der Waals surface area contributed by atoms with E-state index < -0.39 is 11.8 Å². The van der Waals surface area contributed by atoms with Crippen LogP contribution in [0.15, 0.2) is 24.5 Å². The van der Waals surface area contributed by atoms with Gasteiger partial charge in [-0.1, -0.05) is 0 Å². The fraction of sp³-hybridized carbons (Fsp3) is 0.429. The second kappa shape index (κ2) is 8.08. The maximum absolute atomic E-state index is 11.7. The molecule has 0 spiro atoms. The van der Waals surface area contributed by atoms with Gasteiger partial charge in [-0.15, -0.1) is 0 Å². The third-order valence-corrected chi connectivity index (χ3v) is 3.16. The molecule has 0 bridgehead atoms. The summed E-state index contributed by atoms with van der Waals surface area (Å²) in [6.45, 7) is 1.06. The summed E-state index contributed by atoms with van der Waals surface area (Å²) in [6.07, 6.45) is 4.94. The summed E-state index contributed by atoms with van der Waals surface area (Å²) in [5.41, 5.74) is 4.77. The first-order valence-corrected chi connectivity index (χ1v) is 7.01. The molecule has 8 nitrogen and oxygen atoms in total. The summed E-state index contributed by atoms with van der Waals surface area (Å²) in [7, 11) is 0. The lowest BCUT2D eigenvalue weighted by Crippen LogP contribution is -2.43. The van der Waals surface area contributed by atoms with Crippen LogP contribution in [-0.4, -0.2) is 53.9 Å². The molecule has 0 aliphatic carbocycles. The average Bonchev–Trinajstić information content (AvgIpc) is 3.08. The molecule has 0 saturated carbocycles. The van der Waals surface area contributed by atoms with Crippen LogP contribution in [0.3, 0.4) is 0 Å². The van der Waals surface area contributed by atoms with E-state index in [1.54, 1.807) is 23.2 Å².